The molecule has 3 nitrogen and oxygen atoms in total. The first kappa shape index (κ1) is 15.8. The minimum absolute atomic E-state index is 0.873. The fourth-order valence-corrected chi connectivity index (χ4v) is 3.03. The van der Waals surface area contributed by atoms with Gasteiger partial charge in [-0.05, 0) is 50.4 Å². The van der Waals surface area contributed by atoms with Crippen LogP contribution >= 0.6 is 0 Å². The third kappa shape index (κ3) is 3.18. The van der Waals surface area contributed by atoms with Crippen LogP contribution in [0.25, 0.3) is 0 Å². The maximum atomic E-state index is 4.87. The second-order valence-corrected chi connectivity index (χ2v) is 5.64. The van der Waals surface area contributed by atoms with Gasteiger partial charge < -0.3 is 5.32 Å². The van der Waals surface area contributed by atoms with E-state index in [0.29, 0.717) is 0 Å². The summed E-state index contributed by atoms with van der Waals surface area (Å²) >= 11 is 0. The van der Waals surface area contributed by atoms with Gasteiger partial charge in [0.25, 0.3) is 0 Å². The van der Waals surface area contributed by atoms with Crippen molar-refractivity contribution in [2.75, 3.05) is 7.05 Å². The molecular formula is C18H27N3. The minimum atomic E-state index is 0.873. The van der Waals surface area contributed by atoms with Crippen molar-refractivity contribution in [3.8, 4) is 0 Å². The van der Waals surface area contributed by atoms with Crippen LogP contribution in [0.1, 0.15) is 47.5 Å². The number of nitrogens with zero attached hydrogens (tertiary/aromatic N) is 2. The maximum Gasteiger partial charge on any atom is 0.0669 e. The van der Waals surface area contributed by atoms with Gasteiger partial charge in [-0.3, -0.25) is 4.68 Å². The molecule has 0 fully saturated rings. The monoisotopic (exact) mass is 285 g/mol. The summed E-state index contributed by atoms with van der Waals surface area (Å²) in [6, 6.07) is 6.50. The molecule has 1 N–H and O–H groups in total. The van der Waals surface area contributed by atoms with E-state index in [1.165, 1.54) is 33.6 Å². The highest BCUT2D eigenvalue weighted by Crippen LogP contribution is 2.20. The molecular weight excluding hydrogens is 258 g/mol. The number of hydrogen-bond acceptors (Lipinski definition) is 2. The molecule has 0 bridgehead atoms. The molecule has 0 radical (unpaired) electrons. The van der Waals surface area contributed by atoms with Gasteiger partial charge in [0.2, 0.25) is 0 Å². The highest BCUT2D eigenvalue weighted by molar-refractivity contribution is 5.35. The van der Waals surface area contributed by atoms with E-state index in [0.717, 1.165) is 25.9 Å². The molecule has 0 atom stereocenters. The first-order valence-electron chi connectivity index (χ1n) is 7.89. The van der Waals surface area contributed by atoms with Gasteiger partial charge in [-0.1, -0.05) is 32.0 Å². The van der Waals surface area contributed by atoms with Gasteiger partial charge >= 0.3 is 0 Å². The average molecular weight is 285 g/mol. The van der Waals surface area contributed by atoms with Crippen LogP contribution in [0.3, 0.4) is 0 Å². The quantitative estimate of drug-likeness (QED) is 0.881. The van der Waals surface area contributed by atoms with E-state index in [9.17, 15) is 0 Å². The molecule has 21 heavy (non-hydrogen) atoms. The van der Waals surface area contributed by atoms with Gasteiger partial charge in [0.05, 0.1) is 12.2 Å². The Kier molecular flexibility index (Phi) is 5.18. The SMILES string of the molecule is CCc1nn(Cc2c(C)cccc2C)c(CC)c1CNC. The van der Waals surface area contributed by atoms with Crippen LogP contribution in [0.15, 0.2) is 18.2 Å². The van der Waals surface area contributed by atoms with E-state index < -0.39 is 0 Å². The van der Waals surface area contributed by atoms with Crippen molar-refractivity contribution in [3.63, 3.8) is 0 Å². The van der Waals surface area contributed by atoms with E-state index in [4.69, 9.17) is 5.10 Å². The van der Waals surface area contributed by atoms with Crippen molar-refractivity contribution in [1.29, 1.82) is 0 Å². The van der Waals surface area contributed by atoms with Crippen LogP contribution in [0.4, 0.5) is 0 Å². The molecule has 2 rings (SSSR count). The third-order valence-electron chi connectivity index (χ3n) is 4.23. The molecule has 1 heterocycles. The summed E-state index contributed by atoms with van der Waals surface area (Å²) in [4.78, 5) is 0. The molecule has 0 saturated carbocycles. The Morgan fingerprint density at radius 1 is 1.05 bits per heavy atom. The van der Waals surface area contributed by atoms with E-state index in [1.807, 2.05) is 7.05 Å². The van der Waals surface area contributed by atoms with Crippen LogP contribution in [0, 0.1) is 13.8 Å². The van der Waals surface area contributed by atoms with Gasteiger partial charge in [0.1, 0.15) is 0 Å². The Bertz CT molecular complexity index is 591. The van der Waals surface area contributed by atoms with Crippen molar-refractivity contribution < 1.29 is 0 Å². The molecule has 0 unspecified atom stereocenters. The standard InChI is InChI=1S/C18H27N3/c1-6-17-15(11-19-5)18(7-2)21(20-17)12-16-13(3)9-8-10-14(16)4/h8-10,19H,6-7,11-12H2,1-5H3. The molecule has 0 saturated heterocycles. The Hall–Kier alpha value is -1.61. The molecule has 1 aromatic carbocycles. The third-order valence-corrected chi connectivity index (χ3v) is 4.23. The van der Waals surface area contributed by atoms with Gasteiger partial charge in [0, 0.05) is 17.8 Å². The summed E-state index contributed by atoms with van der Waals surface area (Å²) in [6.45, 7) is 10.6. The van der Waals surface area contributed by atoms with Crippen LogP contribution in [-0.2, 0) is 25.9 Å². The summed E-state index contributed by atoms with van der Waals surface area (Å²) < 4.78 is 2.21. The molecule has 0 spiro atoms. The highest BCUT2D eigenvalue weighted by atomic mass is 15.3. The molecule has 0 aliphatic rings. The Morgan fingerprint density at radius 2 is 1.71 bits per heavy atom. The summed E-state index contributed by atoms with van der Waals surface area (Å²) in [7, 11) is 2.00. The first-order valence-corrected chi connectivity index (χ1v) is 7.89. The lowest BCUT2D eigenvalue weighted by molar-refractivity contribution is 0.634. The summed E-state index contributed by atoms with van der Waals surface area (Å²) in [5.41, 5.74) is 8.07. The normalized spacial score (nSPS) is 11.1. The first-order chi connectivity index (χ1) is 10.1. The van der Waals surface area contributed by atoms with Gasteiger partial charge in [0.15, 0.2) is 0 Å². The average Bonchev–Trinajstić information content (AvgIpc) is 2.80. The summed E-state index contributed by atoms with van der Waals surface area (Å²) in [5.74, 6) is 0. The van der Waals surface area contributed by atoms with E-state index in [-0.39, 0.29) is 0 Å². The number of aryl methyl sites for hydroxylation is 3. The largest absolute Gasteiger partial charge is 0.316 e. The van der Waals surface area contributed by atoms with Crippen LogP contribution in [0.5, 0.6) is 0 Å². The van der Waals surface area contributed by atoms with Gasteiger partial charge in [-0.2, -0.15) is 5.10 Å². The van der Waals surface area contributed by atoms with Crippen LogP contribution < -0.4 is 5.32 Å². The highest BCUT2D eigenvalue weighted by Gasteiger charge is 2.16. The molecule has 0 aliphatic carbocycles. The van der Waals surface area contributed by atoms with Gasteiger partial charge in [-0.15, -0.1) is 0 Å². The summed E-state index contributed by atoms with van der Waals surface area (Å²) in [6.07, 6.45) is 2.01. The zero-order chi connectivity index (χ0) is 15.4. The number of nitrogens with one attached hydrogen (secondary N) is 1. The van der Waals surface area contributed by atoms with Gasteiger partial charge in [-0.25, -0.2) is 0 Å². The Labute approximate surface area is 128 Å². The molecule has 2 aromatic rings. The second kappa shape index (κ2) is 6.90. The Morgan fingerprint density at radius 3 is 2.24 bits per heavy atom. The lowest BCUT2D eigenvalue weighted by Crippen LogP contribution is -2.11. The predicted molar refractivity (Wildman–Crippen MR) is 88.8 cm³/mol. The number of rotatable bonds is 6. The minimum Gasteiger partial charge on any atom is -0.316 e. The fourth-order valence-electron chi connectivity index (χ4n) is 3.03. The lowest BCUT2D eigenvalue weighted by atomic mass is 10.0. The topological polar surface area (TPSA) is 29.9 Å². The zero-order valence-corrected chi connectivity index (χ0v) is 14.0. The van der Waals surface area contributed by atoms with E-state index in [2.05, 4.69) is 55.9 Å². The van der Waals surface area contributed by atoms with Crippen molar-refractivity contribution in [2.24, 2.45) is 0 Å². The lowest BCUT2D eigenvalue weighted by Gasteiger charge is -2.12. The van der Waals surface area contributed by atoms with E-state index in [1.54, 1.807) is 0 Å². The zero-order valence-electron chi connectivity index (χ0n) is 14.0. The van der Waals surface area contributed by atoms with Crippen molar-refractivity contribution >= 4 is 0 Å². The van der Waals surface area contributed by atoms with Crippen LogP contribution in [0.2, 0.25) is 0 Å². The Balaban J connectivity index is 2.44. The number of hydrogen-bond donors (Lipinski definition) is 1. The molecule has 114 valence electrons. The predicted octanol–water partition coefficient (Wildman–Crippen LogP) is 3.39. The molecule has 0 amide bonds. The van der Waals surface area contributed by atoms with Crippen molar-refractivity contribution in [1.82, 2.24) is 15.1 Å². The molecule has 0 aliphatic heterocycles. The molecule has 3 heteroatoms. The van der Waals surface area contributed by atoms with Crippen LogP contribution in [-0.4, -0.2) is 16.8 Å². The maximum absolute atomic E-state index is 4.87. The van der Waals surface area contributed by atoms with E-state index >= 15 is 0 Å². The second-order valence-electron chi connectivity index (χ2n) is 5.64. The molecule has 1 aromatic heterocycles. The number of benzene rings is 1. The van der Waals surface area contributed by atoms with Crippen molar-refractivity contribution in [2.45, 2.75) is 53.6 Å². The smallest absolute Gasteiger partial charge is 0.0669 e. The number of aromatic nitrogens is 2. The fraction of sp³-hybridized carbons (Fsp3) is 0.500. The summed E-state index contributed by atoms with van der Waals surface area (Å²) in [5, 5.41) is 8.15. The van der Waals surface area contributed by atoms with Crippen molar-refractivity contribution in [3.05, 3.63) is 51.8 Å².